The second kappa shape index (κ2) is 3.49. The van der Waals surface area contributed by atoms with Crippen molar-refractivity contribution in [2.24, 2.45) is 0 Å². The summed E-state index contributed by atoms with van der Waals surface area (Å²) in [5.74, 6) is 0.630. The van der Waals surface area contributed by atoms with Gasteiger partial charge in [-0.25, -0.2) is 0 Å². The van der Waals surface area contributed by atoms with Crippen molar-refractivity contribution >= 4 is 23.3 Å². The van der Waals surface area contributed by atoms with E-state index in [4.69, 9.17) is 4.74 Å². The van der Waals surface area contributed by atoms with E-state index in [1.165, 1.54) is 16.3 Å². The maximum Gasteiger partial charge on any atom is 0.298 e. The van der Waals surface area contributed by atoms with E-state index in [9.17, 15) is 4.79 Å². The molecule has 3 rings (SSSR count). The van der Waals surface area contributed by atoms with Gasteiger partial charge in [-0.15, -0.1) is 0 Å². The van der Waals surface area contributed by atoms with Gasteiger partial charge in [0.05, 0.1) is 0 Å². The van der Waals surface area contributed by atoms with Crippen molar-refractivity contribution in [2.45, 2.75) is 6.42 Å². The number of carbonyl (C=O) groups is 1. The van der Waals surface area contributed by atoms with E-state index < -0.39 is 0 Å². The van der Waals surface area contributed by atoms with Crippen LogP contribution in [-0.2, 0) is 11.2 Å². The monoisotopic (exact) mass is 210 g/mol. The van der Waals surface area contributed by atoms with Gasteiger partial charge in [-0.1, -0.05) is 36.4 Å². The lowest BCUT2D eigenvalue weighted by Gasteiger charge is -2.14. The van der Waals surface area contributed by atoms with Crippen LogP contribution in [0.2, 0.25) is 0 Å². The highest BCUT2D eigenvalue weighted by molar-refractivity contribution is 5.97. The van der Waals surface area contributed by atoms with Crippen molar-refractivity contribution in [3.8, 4) is 5.75 Å². The average molecular weight is 210 g/mol. The first-order valence-corrected chi connectivity index (χ1v) is 5.21. The number of benzene rings is 2. The number of rotatable bonds is 2. The number of hydrogen-bond acceptors (Lipinski definition) is 2. The molecule has 2 heteroatoms. The Kier molecular flexibility index (Phi) is 2.00. The summed E-state index contributed by atoms with van der Waals surface area (Å²) < 4.78 is 4.99. The second-order valence-electron chi connectivity index (χ2n) is 3.81. The highest BCUT2D eigenvalue weighted by atomic mass is 16.5. The lowest BCUT2D eigenvalue weighted by atomic mass is 9.92. The largest absolute Gasteiger partial charge is 0.428 e. The summed E-state index contributed by atoms with van der Waals surface area (Å²) in [6, 6.07) is 10.1. The molecule has 78 valence electrons. The molecule has 0 heterocycles. The molecule has 0 fully saturated rings. The molecule has 0 bridgehead atoms. The zero-order chi connectivity index (χ0) is 11.0. The Labute approximate surface area is 93.2 Å². The molecule has 0 aliphatic heterocycles. The Hall–Kier alpha value is -2.09. The lowest BCUT2D eigenvalue weighted by Crippen LogP contribution is -1.97. The zero-order valence-electron chi connectivity index (χ0n) is 8.64. The molecule has 0 aromatic heterocycles. The molecule has 0 saturated heterocycles. The number of allylic oxidation sites excluding steroid dienone is 1. The minimum atomic E-state index is 0.475. The molecular weight excluding hydrogens is 200 g/mol. The summed E-state index contributed by atoms with van der Waals surface area (Å²) in [6.07, 6.45) is 5.05. The summed E-state index contributed by atoms with van der Waals surface area (Å²) in [6.45, 7) is 0.475. The Balaban J connectivity index is 2.39. The number of carbonyl (C=O) groups excluding carboxylic acids is 1. The third-order valence-electron chi connectivity index (χ3n) is 2.93. The number of hydrogen-bond donors (Lipinski definition) is 0. The van der Waals surface area contributed by atoms with Crippen molar-refractivity contribution < 1.29 is 9.53 Å². The van der Waals surface area contributed by atoms with Crippen molar-refractivity contribution in [1.82, 2.24) is 0 Å². The minimum Gasteiger partial charge on any atom is -0.428 e. The molecule has 1 aliphatic rings. The van der Waals surface area contributed by atoms with Crippen molar-refractivity contribution in [3.05, 3.63) is 47.5 Å². The first-order valence-electron chi connectivity index (χ1n) is 5.21. The van der Waals surface area contributed by atoms with Gasteiger partial charge in [-0.05, 0) is 28.8 Å². The fourth-order valence-electron chi connectivity index (χ4n) is 2.26. The van der Waals surface area contributed by atoms with Crippen LogP contribution >= 0.6 is 0 Å². The van der Waals surface area contributed by atoms with Crippen LogP contribution in [0.15, 0.2) is 36.4 Å². The van der Waals surface area contributed by atoms with Crippen LogP contribution < -0.4 is 4.74 Å². The molecule has 2 aromatic rings. The quantitative estimate of drug-likeness (QED) is 0.712. The van der Waals surface area contributed by atoms with Gasteiger partial charge in [0.2, 0.25) is 0 Å². The summed E-state index contributed by atoms with van der Waals surface area (Å²) in [7, 11) is 0. The predicted octanol–water partition coefficient (Wildman–Crippen LogP) is 2.94. The molecule has 1 aliphatic carbocycles. The molecule has 2 nitrogen and oxygen atoms in total. The summed E-state index contributed by atoms with van der Waals surface area (Å²) in [5.41, 5.74) is 2.29. The van der Waals surface area contributed by atoms with Gasteiger partial charge in [0.25, 0.3) is 6.47 Å². The summed E-state index contributed by atoms with van der Waals surface area (Å²) in [5, 5.41) is 2.39. The van der Waals surface area contributed by atoms with E-state index in [1.54, 1.807) is 0 Å². The summed E-state index contributed by atoms with van der Waals surface area (Å²) >= 11 is 0. The fraction of sp³-hybridized carbons (Fsp3) is 0.0714. The van der Waals surface area contributed by atoms with Crippen LogP contribution in [0.3, 0.4) is 0 Å². The molecule has 0 radical (unpaired) electrons. The topological polar surface area (TPSA) is 26.3 Å². The van der Waals surface area contributed by atoms with Gasteiger partial charge < -0.3 is 4.74 Å². The molecule has 0 saturated carbocycles. The van der Waals surface area contributed by atoms with Gasteiger partial charge in [0.15, 0.2) is 0 Å². The third-order valence-corrected chi connectivity index (χ3v) is 2.93. The Morgan fingerprint density at radius 3 is 3.00 bits per heavy atom. The molecule has 0 spiro atoms. The van der Waals surface area contributed by atoms with E-state index in [-0.39, 0.29) is 0 Å². The smallest absolute Gasteiger partial charge is 0.298 e. The maximum absolute atomic E-state index is 10.4. The Morgan fingerprint density at radius 1 is 1.19 bits per heavy atom. The third kappa shape index (κ3) is 1.23. The van der Waals surface area contributed by atoms with Crippen LogP contribution in [0, 0.1) is 0 Å². The zero-order valence-corrected chi connectivity index (χ0v) is 8.64. The van der Waals surface area contributed by atoms with Crippen LogP contribution in [0.1, 0.15) is 11.1 Å². The van der Waals surface area contributed by atoms with E-state index in [0.717, 1.165) is 12.0 Å². The predicted molar refractivity (Wildman–Crippen MR) is 63.4 cm³/mol. The maximum atomic E-state index is 10.4. The Bertz CT molecular complexity index is 597. The summed E-state index contributed by atoms with van der Waals surface area (Å²) in [4.78, 5) is 10.4. The van der Waals surface area contributed by atoms with Gasteiger partial charge in [-0.2, -0.15) is 0 Å². The number of ether oxygens (including phenoxy) is 1. The highest BCUT2D eigenvalue weighted by Crippen LogP contribution is 2.34. The second-order valence-corrected chi connectivity index (χ2v) is 3.81. The van der Waals surface area contributed by atoms with Gasteiger partial charge in [0.1, 0.15) is 5.75 Å². The SMILES string of the molecule is O=COc1ccc2cccc3c2c1C=CC3. The highest BCUT2D eigenvalue weighted by Gasteiger charge is 2.12. The van der Waals surface area contributed by atoms with Crippen molar-refractivity contribution in [2.75, 3.05) is 0 Å². The van der Waals surface area contributed by atoms with Gasteiger partial charge >= 0.3 is 0 Å². The molecule has 0 amide bonds. The fourth-order valence-corrected chi connectivity index (χ4v) is 2.26. The van der Waals surface area contributed by atoms with Gasteiger partial charge in [0, 0.05) is 5.56 Å². The van der Waals surface area contributed by atoms with Crippen LogP contribution in [0.5, 0.6) is 5.75 Å². The van der Waals surface area contributed by atoms with Crippen molar-refractivity contribution in [1.29, 1.82) is 0 Å². The standard InChI is InChI=1S/C14H10O2/c15-9-16-13-8-7-11-4-1-3-10-5-2-6-12(13)14(10)11/h1-4,6-9H,5H2. The van der Waals surface area contributed by atoms with E-state index >= 15 is 0 Å². The average Bonchev–Trinajstić information content (AvgIpc) is 2.33. The van der Waals surface area contributed by atoms with E-state index in [1.807, 2.05) is 18.2 Å². The van der Waals surface area contributed by atoms with Crippen LogP contribution in [-0.4, -0.2) is 6.47 Å². The molecule has 2 aromatic carbocycles. The van der Waals surface area contributed by atoms with Crippen LogP contribution in [0.4, 0.5) is 0 Å². The normalized spacial score (nSPS) is 12.8. The lowest BCUT2D eigenvalue weighted by molar-refractivity contribution is -0.120. The molecular formula is C14H10O2. The van der Waals surface area contributed by atoms with E-state index in [0.29, 0.717) is 12.2 Å². The first kappa shape index (κ1) is 9.16. The first-order chi connectivity index (χ1) is 7.90. The van der Waals surface area contributed by atoms with E-state index in [2.05, 4.69) is 24.3 Å². The molecule has 0 atom stereocenters. The van der Waals surface area contributed by atoms with Gasteiger partial charge in [-0.3, -0.25) is 4.79 Å². The molecule has 16 heavy (non-hydrogen) atoms. The molecule has 0 N–H and O–H groups in total. The minimum absolute atomic E-state index is 0.475. The Morgan fingerprint density at radius 2 is 2.12 bits per heavy atom. The van der Waals surface area contributed by atoms with Crippen molar-refractivity contribution in [3.63, 3.8) is 0 Å². The molecule has 0 unspecified atom stereocenters. The van der Waals surface area contributed by atoms with Crippen LogP contribution in [0.25, 0.3) is 16.8 Å².